The van der Waals surface area contributed by atoms with E-state index < -0.39 is 0 Å². The second-order valence-electron chi connectivity index (χ2n) is 5.05. The highest BCUT2D eigenvalue weighted by atomic mass is 16.5. The van der Waals surface area contributed by atoms with E-state index in [0.717, 1.165) is 42.7 Å². The molecule has 2 N–H and O–H groups in total. The van der Waals surface area contributed by atoms with Crippen molar-refractivity contribution >= 4 is 5.82 Å². The number of aromatic amines is 1. The zero-order chi connectivity index (χ0) is 13.9. The van der Waals surface area contributed by atoms with Crippen molar-refractivity contribution in [3.63, 3.8) is 0 Å². The summed E-state index contributed by atoms with van der Waals surface area (Å²) < 4.78 is 5.76. The monoisotopic (exact) mass is 274 g/mol. The van der Waals surface area contributed by atoms with Crippen LogP contribution in [0.25, 0.3) is 0 Å². The van der Waals surface area contributed by atoms with Crippen LogP contribution in [0, 0.1) is 19.8 Å². The van der Waals surface area contributed by atoms with E-state index in [1.54, 1.807) is 12.4 Å². The van der Waals surface area contributed by atoms with Crippen LogP contribution in [-0.4, -0.2) is 38.3 Å². The highest BCUT2D eigenvalue weighted by Crippen LogP contribution is 2.32. The maximum absolute atomic E-state index is 5.76. The second kappa shape index (κ2) is 5.54. The zero-order valence-electron chi connectivity index (χ0n) is 11.6. The van der Waals surface area contributed by atoms with E-state index >= 15 is 0 Å². The molecular weight excluding hydrogens is 256 g/mol. The summed E-state index contributed by atoms with van der Waals surface area (Å²) in [6, 6.07) is 0. The van der Waals surface area contributed by atoms with Crippen LogP contribution < -0.4 is 5.32 Å². The third-order valence-electron chi connectivity index (χ3n) is 3.38. The second-order valence-corrected chi connectivity index (χ2v) is 5.05. The van der Waals surface area contributed by atoms with Crippen LogP contribution in [0.4, 0.5) is 5.82 Å². The topological polar surface area (TPSA) is 88.6 Å². The van der Waals surface area contributed by atoms with E-state index in [2.05, 4.69) is 30.5 Å². The fraction of sp³-hybridized carbons (Fsp3) is 0.538. The van der Waals surface area contributed by atoms with E-state index in [9.17, 15) is 0 Å². The van der Waals surface area contributed by atoms with Crippen LogP contribution in [0.1, 0.15) is 29.9 Å². The minimum absolute atomic E-state index is 0.0507. The molecule has 1 fully saturated rings. The summed E-state index contributed by atoms with van der Waals surface area (Å²) in [5, 5.41) is 10.4. The van der Waals surface area contributed by atoms with Crippen LogP contribution in [0.2, 0.25) is 0 Å². The van der Waals surface area contributed by atoms with Gasteiger partial charge in [0.1, 0.15) is 17.7 Å². The van der Waals surface area contributed by atoms with Gasteiger partial charge >= 0.3 is 0 Å². The first-order valence-corrected chi connectivity index (χ1v) is 6.75. The van der Waals surface area contributed by atoms with Crippen LogP contribution in [0.3, 0.4) is 0 Å². The zero-order valence-corrected chi connectivity index (χ0v) is 11.6. The average Bonchev–Trinajstić information content (AvgIpc) is 3.04. The van der Waals surface area contributed by atoms with E-state index in [1.165, 1.54) is 0 Å². The van der Waals surface area contributed by atoms with Gasteiger partial charge in [-0.25, -0.2) is 9.97 Å². The first-order chi connectivity index (χ1) is 9.72. The normalized spacial score (nSPS) is 22.1. The van der Waals surface area contributed by atoms with Gasteiger partial charge in [0.2, 0.25) is 0 Å². The molecule has 7 nitrogen and oxygen atoms in total. The molecule has 0 aliphatic carbocycles. The van der Waals surface area contributed by atoms with Crippen LogP contribution >= 0.6 is 0 Å². The summed E-state index contributed by atoms with van der Waals surface area (Å²) in [4.78, 5) is 12.9. The van der Waals surface area contributed by atoms with Crippen molar-refractivity contribution in [3.05, 3.63) is 29.7 Å². The Balaban J connectivity index is 1.64. The SMILES string of the molecule is Cc1cncc(NC[C@@H]2CCO[C@@H]2c2n[nH]c(C)n2)n1. The highest BCUT2D eigenvalue weighted by molar-refractivity contribution is 5.31. The van der Waals surface area contributed by atoms with Gasteiger partial charge in [-0.2, -0.15) is 5.10 Å². The summed E-state index contributed by atoms with van der Waals surface area (Å²) >= 11 is 0. The molecule has 7 heteroatoms. The molecule has 0 spiro atoms. The van der Waals surface area contributed by atoms with Crippen molar-refractivity contribution in [3.8, 4) is 0 Å². The standard InChI is InChI=1S/C13H18N6O/c1-8-5-14-7-11(16-8)15-6-10-3-4-20-12(10)13-17-9(2)18-19-13/h5,7,10,12H,3-4,6H2,1-2H3,(H,15,16)(H,17,18,19)/t10-,12-/m0/s1. The van der Waals surface area contributed by atoms with Crippen LogP contribution in [0.5, 0.6) is 0 Å². The minimum Gasteiger partial charge on any atom is -0.370 e. The van der Waals surface area contributed by atoms with Crippen LogP contribution in [-0.2, 0) is 4.74 Å². The van der Waals surface area contributed by atoms with Gasteiger partial charge in [-0.3, -0.25) is 10.1 Å². The van der Waals surface area contributed by atoms with Gasteiger partial charge in [-0.05, 0) is 20.3 Å². The number of anilines is 1. The van der Waals surface area contributed by atoms with Crippen molar-refractivity contribution < 1.29 is 4.74 Å². The number of nitrogens with one attached hydrogen (secondary N) is 2. The van der Waals surface area contributed by atoms with Gasteiger partial charge in [0.15, 0.2) is 5.82 Å². The largest absolute Gasteiger partial charge is 0.370 e. The molecule has 2 aromatic rings. The molecule has 0 unspecified atom stereocenters. The number of aryl methyl sites for hydroxylation is 2. The average molecular weight is 274 g/mol. The summed E-state index contributed by atoms with van der Waals surface area (Å²) in [6.07, 6.45) is 4.41. The van der Waals surface area contributed by atoms with Gasteiger partial charge in [0.25, 0.3) is 0 Å². The molecule has 3 heterocycles. The molecule has 0 bridgehead atoms. The maximum Gasteiger partial charge on any atom is 0.179 e. The first-order valence-electron chi connectivity index (χ1n) is 6.75. The smallest absolute Gasteiger partial charge is 0.179 e. The van der Waals surface area contributed by atoms with Gasteiger partial charge in [0, 0.05) is 25.3 Å². The van der Waals surface area contributed by atoms with Crippen molar-refractivity contribution in [2.75, 3.05) is 18.5 Å². The lowest BCUT2D eigenvalue weighted by molar-refractivity contribution is 0.0863. The number of nitrogens with zero attached hydrogens (tertiary/aromatic N) is 4. The fourth-order valence-electron chi connectivity index (χ4n) is 2.40. The third kappa shape index (κ3) is 2.77. The van der Waals surface area contributed by atoms with Crippen molar-refractivity contribution in [2.45, 2.75) is 26.4 Å². The molecule has 0 saturated carbocycles. The van der Waals surface area contributed by atoms with Gasteiger partial charge < -0.3 is 10.1 Å². The Kier molecular flexibility index (Phi) is 3.60. The molecule has 106 valence electrons. The van der Waals surface area contributed by atoms with Crippen molar-refractivity contribution in [2.24, 2.45) is 5.92 Å². The molecule has 20 heavy (non-hydrogen) atoms. The molecule has 0 radical (unpaired) electrons. The molecule has 0 aromatic carbocycles. The fourth-order valence-corrected chi connectivity index (χ4v) is 2.40. The molecule has 2 aromatic heterocycles. The van der Waals surface area contributed by atoms with E-state index in [4.69, 9.17) is 4.74 Å². The lowest BCUT2D eigenvalue weighted by Gasteiger charge is -2.16. The summed E-state index contributed by atoms with van der Waals surface area (Å²) in [5.41, 5.74) is 0.902. The Morgan fingerprint density at radius 3 is 3.00 bits per heavy atom. The number of H-pyrrole nitrogens is 1. The molecule has 0 amide bonds. The molecule has 3 rings (SSSR count). The number of rotatable bonds is 4. The lowest BCUT2D eigenvalue weighted by atomic mass is 10.0. The Hall–Kier alpha value is -2.02. The highest BCUT2D eigenvalue weighted by Gasteiger charge is 2.32. The summed E-state index contributed by atoms with van der Waals surface area (Å²) in [6.45, 7) is 5.33. The van der Waals surface area contributed by atoms with E-state index in [0.29, 0.717) is 5.92 Å². The lowest BCUT2D eigenvalue weighted by Crippen LogP contribution is -2.19. The first kappa shape index (κ1) is 13.0. The summed E-state index contributed by atoms with van der Waals surface area (Å²) in [7, 11) is 0. The van der Waals surface area contributed by atoms with Crippen LogP contribution in [0.15, 0.2) is 12.4 Å². The van der Waals surface area contributed by atoms with Crippen molar-refractivity contribution in [1.29, 1.82) is 0 Å². The predicted octanol–water partition coefficient (Wildman–Crippen LogP) is 1.40. The third-order valence-corrected chi connectivity index (χ3v) is 3.38. The molecular formula is C13H18N6O. The maximum atomic E-state index is 5.76. The van der Waals surface area contributed by atoms with Gasteiger partial charge in [-0.1, -0.05) is 0 Å². The van der Waals surface area contributed by atoms with Gasteiger partial charge in [0.05, 0.1) is 11.9 Å². The molecule has 2 atom stereocenters. The molecule has 1 aliphatic heterocycles. The van der Waals surface area contributed by atoms with Gasteiger partial charge in [-0.15, -0.1) is 0 Å². The Morgan fingerprint density at radius 1 is 1.35 bits per heavy atom. The summed E-state index contributed by atoms with van der Waals surface area (Å²) in [5.74, 6) is 2.68. The number of ether oxygens (including phenoxy) is 1. The predicted molar refractivity (Wildman–Crippen MR) is 73.2 cm³/mol. The van der Waals surface area contributed by atoms with E-state index in [1.807, 2.05) is 13.8 Å². The number of hydrogen-bond acceptors (Lipinski definition) is 6. The number of hydrogen-bond donors (Lipinski definition) is 2. The minimum atomic E-state index is -0.0507. The van der Waals surface area contributed by atoms with E-state index in [-0.39, 0.29) is 6.10 Å². The quantitative estimate of drug-likeness (QED) is 0.876. The molecule has 1 aliphatic rings. The Labute approximate surface area is 117 Å². The number of aromatic nitrogens is 5. The molecule has 1 saturated heterocycles. The van der Waals surface area contributed by atoms with Crippen molar-refractivity contribution in [1.82, 2.24) is 25.1 Å². The Morgan fingerprint density at radius 2 is 2.25 bits per heavy atom. The Bertz CT molecular complexity index is 584.